The van der Waals surface area contributed by atoms with Crippen molar-refractivity contribution in [1.82, 2.24) is 0 Å². The van der Waals surface area contributed by atoms with Gasteiger partial charge in [0.15, 0.2) is 0 Å². The molecule has 0 fully saturated rings. The minimum atomic E-state index is -1.10. The monoisotopic (exact) mass is 250 g/mol. The zero-order valence-electron chi connectivity index (χ0n) is 10.8. The molecule has 0 saturated carbocycles. The van der Waals surface area contributed by atoms with E-state index in [0.29, 0.717) is 12.0 Å². The average molecular weight is 250 g/mol. The maximum atomic E-state index is 11.9. The van der Waals surface area contributed by atoms with Gasteiger partial charge in [0.25, 0.3) is 0 Å². The normalized spacial score (nSPS) is 12.8. The van der Waals surface area contributed by atoms with Gasteiger partial charge in [-0.2, -0.15) is 0 Å². The van der Waals surface area contributed by atoms with Crippen molar-refractivity contribution >= 4 is 11.9 Å². The molecule has 1 aromatic rings. The summed E-state index contributed by atoms with van der Waals surface area (Å²) in [6.45, 7) is 4.91. The molecule has 0 aliphatic carbocycles. The van der Waals surface area contributed by atoms with Crippen LogP contribution in [0.5, 0.6) is 0 Å². The Morgan fingerprint density at radius 1 is 1.28 bits per heavy atom. The van der Waals surface area contributed by atoms with Gasteiger partial charge in [0.1, 0.15) is 6.10 Å². The van der Waals surface area contributed by atoms with Crippen LogP contribution in [0.2, 0.25) is 0 Å². The minimum Gasteiger partial charge on any atom is -0.481 e. The molecule has 1 N–H and O–H groups in total. The number of ether oxygens (including phenoxy) is 1. The molecular formula is C14H18O4. The van der Waals surface area contributed by atoms with Crippen molar-refractivity contribution in [1.29, 1.82) is 0 Å². The van der Waals surface area contributed by atoms with Crippen LogP contribution in [0.25, 0.3) is 0 Å². The molecule has 0 aromatic heterocycles. The number of aliphatic carboxylic acids is 1. The number of hydrogen-bond donors (Lipinski definition) is 1. The van der Waals surface area contributed by atoms with E-state index in [1.807, 2.05) is 0 Å². The van der Waals surface area contributed by atoms with Crippen LogP contribution in [-0.4, -0.2) is 23.1 Å². The average Bonchev–Trinajstić information content (AvgIpc) is 2.36. The minimum absolute atomic E-state index is 0.428. The van der Waals surface area contributed by atoms with Crippen molar-refractivity contribution in [2.75, 3.05) is 0 Å². The summed E-state index contributed by atoms with van der Waals surface area (Å²) >= 11 is 0. The number of carbonyl (C=O) groups excluding carboxylic acids is 1. The number of carboxylic acid groups (broad SMARTS) is 1. The van der Waals surface area contributed by atoms with Gasteiger partial charge < -0.3 is 9.84 Å². The smallest absolute Gasteiger partial charge is 0.338 e. The van der Waals surface area contributed by atoms with Crippen LogP contribution in [0, 0.1) is 5.41 Å². The number of rotatable bonds is 5. The summed E-state index contributed by atoms with van der Waals surface area (Å²) in [5.74, 6) is -1.47. The lowest BCUT2D eigenvalue weighted by Crippen LogP contribution is -2.39. The van der Waals surface area contributed by atoms with Crippen LogP contribution in [-0.2, 0) is 9.53 Å². The lowest BCUT2D eigenvalue weighted by molar-refractivity contribution is -0.153. The summed E-state index contributed by atoms with van der Waals surface area (Å²) in [5.41, 5.74) is -0.670. The number of hydrogen-bond acceptors (Lipinski definition) is 3. The second kappa shape index (κ2) is 5.67. The maximum absolute atomic E-state index is 11.9. The standard InChI is InChI=1S/C14H18O4/c1-4-11(14(2,3)13(16)17)18-12(15)10-8-6-5-7-9-10/h5-9,11H,4H2,1-3H3,(H,16,17). The van der Waals surface area contributed by atoms with Crippen molar-refractivity contribution in [3.05, 3.63) is 35.9 Å². The number of carbonyl (C=O) groups is 2. The van der Waals surface area contributed by atoms with Crippen molar-refractivity contribution in [2.45, 2.75) is 33.3 Å². The van der Waals surface area contributed by atoms with Crippen LogP contribution < -0.4 is 0 Å². The Balaban J connectivity index is 2.82. The van der Waals surface area contributed by atoms with Crippen LogP contribution in [0.4, 0.5) is 0 Å². The molecule has 0 radical (unpaired) electrons. The maximum Gasteiger partial charge on any atom is 0.338 e. The Morgan fingerprint density at radius 2 is 1.83 bits per heavy atom. The van der Waals surface area contributed by atoms with E-state index in [4.69, 9.17) is 9.84 Å². The van der Waals surface area contributed by atoms with Crippen molar-refractivity contribution in [3.63, 3.8) is 0 Å². The highest BCUT2D eigenvalue weighted by Gasteiger charge is 2.38. The van der Waals surface area contributed by atoms with E-state index < -0.39 is 23.5 Å². The molecule has 0 heterocycles. The van der Waals surface area contributed by atoms with E-state index in [1.54, 1.807) is 51.1 Å². The SMILES string of the molecule is CCC(OC(=O)c1ccccc1)C(C)(C)C(=O)O. The van der Waals surface area contributed by atoms with E-state index in [2.05, 4.69) is 0 Å². The molecule has 1 atom stereocenters. The second-order valence-electron chi connectivity index (χ2n) is 4.70. The molecule has 0 spiro atoms. The van der Waals surface area contributed by atoms with Crippen LogP contribution >= 0.6 is 0 Å². The predicted octanol–water partition coefficient (Wildman–Crippen LogP) is 2.73. The lowest BCUT2D eigenvalue weighted by Gasteiger charge is -2.29. The molecule has 1 rings (SSSR count). The molecule has 18 heavy (non-hydrogen) atoms. The third kappa shape index (κ3) is 3.09. The highest BCUT2D eigenvalue weighted by Crippen LogP contribution is 2.27. The zero-order chi connectivity index (χ0) is 13.8. The summed E-state index contributed by atoms with van der Waals surface area (Å²) in [4.78, 5) is 23.0. The molecular weight excluding hydrogens is 232 g/mol. The summed E-state index contributed by atoms with van der Waals surface area (Å²) < 4.78 is 5.29. The van der Waals surface area contributed by atoms with Gasteiger partial charge in [-0.05, 0) is 32.4 Å². The zero-order valence-corrected chi connectivity index (χ0v) is 10.8. The van der Waals surface area contributed by atoms with Crippen molar-refractivity contribution < 1.29 is 19.4 Å². The molecule has 0 aliphatic rings. The van der Waals surface area contributed by atoms with Gasteiger partial charge in [0.2, 0.25) is 0 Å². The Hall–Kier alpha value is -1.84. The molecule has 98 valence electrons. The summed E-state index contributed by atoms with van der Waals surface area (Å²) in [7, 11) is 0. The fourth-order valence-electron chi connectivity index (χ4n) is 1.65. The summed E-state index contributed by atoms with van der Waals surface area (Å²) in [5, 5.41) is 9.13. The Labute approximate surface area is 107 Å². The first kappa shape index (κ1) is 14.2. The number of carboxylic acids is 1. The van der Waals surface area contributed by atoms with Crippen molar-refractivity contribution in [3.8, 4) is 0 Å². The first-order valence-corrected chi connectivity index (χ1v) is 5.89. The summed E-state index contributed by atoms with van der Waals surface area (Å²) in [6, 6.07) is 8.56. The molecule has 1 unspecified atom stereocenters. The van der Waals surface area contributed by atoms with Crippen LogP contribution in [0.1, 0.15) is 37.6 Å². The quantitative estimate of drug-likeness (QED) is 0.816. The molecule has 4 heteroatoms. The third-order valence-electron chi connectivity index (χ3n) is 2.99. The fourth-order valence-corrected chi connectivity index (χ4v) is 1.65. The largest absolute Gasteiger partial charge is 0.481 e. The van der Waals surface area contributed by atoms with E-state index in [0.717, 1.165) is 0 Å². The van der Waals surface area contributed by atoms with Crippen LogP contribution in [0.3, 0.4) is 0 Å². The van der Waals surface area contributed by atoms with Gasteiger partial charge >= 0.3 is 11.9 Å². The molecule has 0 aliphatic heterocycles. The van der Waals surface area contributed by atoms with E-state index in [1.165, 1.54) is 0 Å². The number of benzene rings is 1. The van der Waals surface area contributed by atoms with Gasteiger partial charge in [0.05, 0.1) is 11.0 Å². The summed E-state index contributed by atoms with van der Waals surface area (Å²) in [6.07, 6.45) is -0.194. The highest BCUT2D eigenvalue weighted by molar-refractivity contribution is 5.89. The highest BCUT2D eigenvalue weighted by atomic mass is 16.5. The number of esters is 1. The molecule has 1 aromatic carbocycles. The predicted molar refractivity (Wildman–Crippen MR) is 67.4 cm³/mol. The molecule has 0 amide bonds. The topological polar surface area (TPSA) is 63.6 Å². The Morgan fingerprint density at radius 3 is 2.28 bits per heavy atom. The van der Waals surface area contributed by atoms with Crippen molar-refractivity contribution in [2.24, 2.45) is 5.41 Å². The van der Waals surface area contributed by atoms with Gasteiger partial charge in [-0.25, -0.2) is 4.79 Å². The first-order chi connectivity index (χ1) is 8.39. The van der Waals surface area contributed by atoms with Gasteiger partial charge in [-0.3, -0.25) is 4.79 Å². The molecule has 0 saturated heterocycles. The Kier molecular flexibility index (Phi) is 4.48. The molecule has 0 bridgehead atoms. The van der Waals surface area contributed by atoms with Gasteiger partial charge in [-0.15, -0.1) is 0 Å². The van der Waals surface area contributed by atoms with E-state index in [-0.39, 0.29) is 0 Å². The Bertz CT molecular complexity index is 423. The first-order valence-electron chi connectivity index (χ1n) is 5.89. The molecule has 4 nitrogen and oxygen atoms in total. The van der Waals surface area contributed by atoms with Gasteiger partial charge in [-0.1, -0.05) is 25.1 Å². The lowest BCUT2D eigenvalue weighted by atomic mass is 9.85. The van der Waals surface area contributed by atoms with E-state index in [9.17, 15) is 9.59 Å². The second-order valence-corrected chi connectivity index (χ2v) is 4.70. The van der Waals surface area contributed by atoms with Gasteiger partial charge in [0, 0.05) is 0 Å². The van der Waals surface area contributed by atoms with Crippen LogP contribution in [0.15, 0.2) is 30.3 Å². The third-order valence-corrected chi connectivity index (χ3v) is 2.99. The fraction of sp³-hybridized carbons (Fsp3) is 0.429. The van der Waals surface area contributed by atoms with E-state index >= 15 is 0 Å².